The molecule has 1 aliphatic heterocycles. The molecule has 0 aliphatic carbocycles. The summed E-state index contributed by atoms with van der Waals surface area (Å²) < 4.78 is 9.76. The second-order valence-corrected chi connectivity index (χ2v) is 3.12. The summed E-state index contributed by atoms with van der Waals surface area (Å²) >= 11 is 0. The molecule has 0 saturated carbocycles. The Morgan fingerprint density at radius 2 is 2.38 bits per heavy atom. The van der Waals surface area contributed by atoms with Crippen molar-refractivity contribution in [2.24, 2.45) is 0 Å². The zero-order valence-electron chi connectivity index (χ0n) is 7.52. The van der Waals surface area contributed by atoms with E-state index in [1.165, 1.54) is 7.11 Å². The van der Waals surface area contributed by atoms with Crippen LogP contribution in [-0.4, -0.2) is 42.5 Å². The van der Waals surface area contributed by atoms with Gasteiger partial charge in [0.25, 0.3) is 0 Å². The monoisotopic (exact) mass is 188 g/mol. The zero-order chi connectivity index (χ0) is 9.90. The van der Waals surface area contributed by atoms with Gasteiger partial charge in [0.05, 0.1) is 7.11 Å². The van der Waals surface area contributed by atoms with Gasteiger partial charge in [0.1, 0.15) is 0 Å². The number of hydrogen-bond donors (Lipinski definition) is 2. The molecule has 0 radical (unpaired) electrons. The van der Waals surface area contributed by atoms with E-state index in [1.807, 2.05) is 0 Å². The standard InChI is InChI=1S/C7H13BO5/c1-12-6(9)7(5-8(10)11)3-2-4-13-7/h10-11H,2-5H2,1H3. The van der Waals surface area contributed by atoms with Crippen LogP contribution in [0.3, 0.4) is 0 Å². The van der Waals surface area contributed by atoms with Crippen LogP contribution in [0.4, 0.5) is 0 Å². The second-order valence-electron chi connectivity index (χ2n) is 3.12. The maximum atomic E-state index is 11.3. The van der Waals surface area contributed by atoms with E-state index in [9.17, 15) is 4.79 Å². The van der Waals surface area contributed by atoms with Gasteiger partial charge in [-0.05, 0) is 12.8 Å². The van der Waals surface area contributed by atoms with E-state index in [1.54, 1.807) is 0 Å². The molecule has 13 heavy (non-hydrogen) atoms. The Balaban J connectivity index is 2.68. The lowest BCUT2D eigenvalue weighted by Gasteiger charge is -2.24. The lowest BCUT2D eigenvalue weighted by molar-refractivity contribution is -0.162. The van der Waals surface area contributed by atoms with Crippen molar-refractivity contribution in [3.05, 3.63) is 0 Å². The second kappa shape index (κ2) is 4.08. The van der Waals surface area contributed by atoms with E-state index in [2.05, 4.69) is 4.74 Å². The summed E-state index contributed by atoms with van der Waals surface area (Å²) in [4.78, 5) is 11.3. The van der Waals surface area contributed by atoms with Gasteiger partial charge >= 0.3 is 13.1 Å². The van der Waals surface area contributed by atoms with Crippen molar-refractivity contribution in [1.29, 1.82) is 0 Å². The molecule has 1 saturated heterocycles. The Labute approximate surface area is 76.8 Å². The summed E-state index contributed by atoms with van der Waals surface area (Å²) in [5, 5.41) is 17.6. The quantitative estimate of drug-likeness (QED) is 0.447. The van der Waals surface area contributed by atoms with Crippen molar-refractivity contribution < 1.29 is 24.3 Å². The summed E-state index contributed by atoms with van der Waals surface area (Å²) in [6.07, 6.45) is 1.10. The number of rotatable bonds is 3. The largest absolute Gasteiger partial charge is 0.467 e. The van der Waals surface area contributed by atoms with E-state index in [-0.39, 0.29) is 6.32 Å². The molecule has 6 heteroatoms. The van der Waals surface area contributed by atoms with Crippen LogP contribution in [0.15, 0.2) is 0 Å². The minimum atomic E-state index is -1.54. The van der Waals surface area contributed by atoms with E-state index >= 15 is 0 Å². The van der Waals surface area contributed by atoms with Gasteiger partial charge in [-0.2, -0.15) is 0 Å². The van der Waals surface area contributed by atoms with Crippen molar-refractivity contribution >= 4 is 13.1 Å². The van der Waals surface area contributed by atoms with Gasteiger partial charge in [-0.3, -0.25) is 0 Å². The first-order valence-corrected chi connectivity index (χ1v) is 4.19. The third-order valence-corrected chi connectivity index (χ3v) is 2.17. The molecule has 0 aromatic carbocycles. The van der Waals surface area contributed by atoms with Crippen LogP contribution in [0.1, 0.15) is 12.8 Å². The summed E-state index contributed by atoms with van der Waals surface area (Å²) in [6, 6.07) is 0. The SMILES string of the molecule is COC(=O)C1(CB(O)O)CCCO1. The molecule has 1 unspecified atom stereocenters. The van der Waals surface area contributed by atoms with Crippen LogP contribution < -0.4 is 0 Å². The van der Waals surface area contributed by atoms with E-state index in [0.29, 0.717) is 13.0 Å². The first kappa shape index (κ1) is 10.5. The van der Waals surface area contributed by atoms with Crippen LogP contribution in [-0.2, 0) is 14.3 Å². The Morgan fingerprint density at radius 3 is 2.77 bits per heavy atom. The number of hydrogen-bond acceptors (Lipinski definition) is 5. The van der Waals surface area contributed by atoms with Gasteiger partial charge < -0.3 is 19.5 Å². The molecule has 0 amide bonds. The molecule has 0 aromatic heterocycles. The molecule has 1 aliphatic rings. The molecule has 1 fully saturated rings. The van der Waals surface area contributed by atoms with Gasteiger partial charge in [0, 0.05) is 12.9 Å². The molecule has 5 nitrogen and oxygen atoms in total. The molecule has 1 atom stereocenters. The molecule has 74 valence electrons. The van der Waals surface area contributed by atoms with E-state index < -0.39 is 18.7 Å². The summed E-state index contributed by atoms with van der Waals surface area (Å²) in [5.41, 5.74) is -1.14. The van der Waals surface area contributed by atoms with Crippen molar-refractivity contribution in [2.75, 3.05) is 13.7 Å². The molecule has 0 spiro atoms. The number of esters is 1. The Kier molecular flexibility index (Phi) is 3.30. The van der Waals surface area contributed by atoms with Gasteiger partial charge in [-0.25, -0.2) is 4.79 Å². The fourth-order valence-electron chi connectivity index (χ4n) is 1.58. The Bertz CT molecular complexity index is 187. The zero-order valence-corrected chi connectivity index (χ0v) is 7.52. The van der Waals surface area contributed by atoms with Crippen molar-refractivity contribution in [3.8, 4) is 0 Å². The van der Waals surface area contributed by atoms with Crippen LogP contribution in [0.2, 0.25) is 6.32 Å². The molecular formula is C7H13BO5. The molecular weight excluding hydrogens is 175 g/mol. The molecule has 2 N–H and O–H groups in total. The smallest absolute Gasteiger partial charge is 0.455 e. The maximum Gasteiger partial charge on any atom is 0.455 e. The van der Waals surface area contributed by atoms with Crippen LogP contribution in [0.5, 0.6) is 0 Å². The number of ether oxygens (including phenoxy) is 2. The fraction of sp³-hybridized carbons (Fsp3) is 0.857. The van der Waals surface area contributed by atoms with Crippen molar-refractivity contribution in [3.63, 3.8) is 0 Å². The first-order valence-electron chi connectivity index (χ1n) is 4.19. The van der Waals surface area contributed by atoms with Crippen LogP contribution in [0.25, 0.3) is 0 Å². The lowest BCUT2D eigenvalue weighted by Crippen LogP contribution is -2.42. The third kappa shape index (κ3) is 2.21. The third-order valence-electron chi connectivity index (χ3n) is 2.17. The summed E-state index contributed by atoms with van der Waals surface area (Å²) in [6.45, 7) is 0.460. The molecule has 0 aromatic rings. The van der Waals surface area contributed by atoms with E-state index in [4.69, 9.17) is 14.8 Å². The topological polar surface area (TPSA) is 76.0 Å². The van der Waals surface area contributed by atoms with Gasteiger partial charge in [-0.1, -0.05) is 0 Å². The number of carbonyl (C=O) groups is 1. The molecule has 1 heterocycles. The minimum Gasteiger partial charge on any atom is -0.467 e. The predicted octanol–water partition coefficient (Wildman–Crippen LogP) is -0.819. The van der Waals surface area contributed by atoms with Gasteiger partial charge in [0.15, 0.2) is 5.60 Å². The highest BCUT2D eigenvalue weighted by Gasteiger charge is 2.46. The van der Waals surface area contributed by atoms with Gasteiger partial charge in [0.2, 0.25) is 0 Å². The van der Waals surface area contributed by atoms with E-state index in [0.717, 1.165) is 6.42 Å². The van der Waals surface area contributed by atoms with Crippen LogP contribution in [0, 0.1) is 0 Å². The predicted molar refractivity (Wildman–Crippen MR) is 44.9 cm³/mol. The van der Waals surface area contributed by atoms with Crippen LogP contribution >= 0.6 is 0 Å². The number of methoxy groups -OCH3 is 1. The normalized spacial score (nSPS) is 27.3. The Hall–Kier alpha value is -0.585. The highest BCUT2D eigenvalue weighted by molar-refractivity contribution is 6.42. The summed E-state index contributed by atoms with van der Waals surface area (Å²) in [7, 11) is -0.285. The number of carbonyl (C=O) groups excluding carboxylic acids is 1. The fourth-order valence-corrected chi connectivity index (χ4v) is 1.58. The van der Waals surface area contributed by atoms with Crippen molar-refractivity contribution in [2.45, 2.75) is 24.8 Å². The van der Waals surface area contributed by atoms with Crippen molar-refractivity contribution in [1.82, 2.24) is 0 Å². The van der Waals surface area contributed by atoms with Gasteiger partial charge in [-0.15, -0.1) is 0 Å². The average Bonchev–Trinajstić information content (AvgIpc) is 2.51. The minimum absolute atomic E-state index is 0.125. The molecule has 0 bridgehead atoms. The summed E-state index contributed by atoms with van der Waals surface area (Å²) in [5.74, 6) is -0.530. The Morgan fingerprint density at radius 1 is 1.69 bits per heavy atom. The molecule has 1 rings (SSSR count). The maximum absolute atomic E-state index is 11.3. The highest BCUT2D eigenvalue weighted by Crippen LogP contribution is 2.31. The highest BCUT2D eigenvalue weighted by atomic mass is 16.6. The lowest BCUT2D eigenvalue weighted by atomic mass is 9.74. The average molecular weight is 188 g/mol. The first-order chi connectivity index (χ1) is 6.10.